The number of halogens is 1. The first-order valence-corrected chi connectivity index (χ1v) is 5.08. The number of nitrogens with one attached hydrogen (secondary N) is 1. The van der Waals surface area contributed by atoms with Gasteiger partial charge in [0.2, 0.25) is 5.95 Å². The summed E-state index contributed by atoms with van der Waals surface area (Å²) in [6.07, 6.45) is 3.40. The van der Waals surface area contributed by atoms with E-state index in [0.29, 0.717) is 11.0 Å². The SMILES string of the molecule is C=CCSc1nc(NC)ncc1Cl. The minimum atomic E-state index is 0.575. The van der Waals surface area contributed by atoms with Gasteiger partial charge in [0.05, 0.1) is 11.2 Å². The van der Waals surface area contributed by atoms with Gasteiger partial charge < -0.3 is 5.32 Å². The van der Waals surface area contributed by atoms with Crippen LogP contribution in [0.5, 0.6) is 0 Å². The number of thioether (sulfide) groups is 1. The molecule has 3 nitrogen and oxygen atoms in total. The fourth-order valence-electron chi connectivity index (χ4n) is 0.711. The number of hydrogen-bond acceptors (Lipinski definition) is 4. The molecule has 0 radical (unpaired) electrons. The van der Waals surface area contributed by atoms with E-state index in [0.717, 1.165) is 10.8 Å². The summed E-state index contributed by atoms with van der Waals surface area (Å²) < 4.78 is 0. The van der Waals surface area contributed by atoms with E-state index in [1.807, 2.05) is 6.08 Å². The molecule has 1 aromatic heterocycles. The number of anilines is 1. The van der Waals surface area contributed by atoms with Crippen LogP contribution in [0, 0.1) is 0 Å². The van der Waals surface area contributed by atoms with Gasteiger partial charge in [0.15, 0.2) is 0 Å². The van der Waals surface area contributed by atoms with E-state index < -0.39 is 0 Å². The molecule has 0 atom stereocenters. The van der Waals surface area contributed by atoms with Crippen molar-refractivity contribution in [2.75, 3.05) is 18.1 Å². The van der Waals surface area contributed by atoms with Gasteiger partial charge in [-0.25, -0.2) is 9.97 Å². The molecule has 0 amide bonds. The zero-order valence-corrected chi connectivity index (χ0v) is 8.82. The molecular formula is C8H10ClN3S. The second-order valence-electron chi connectivity index (χ2n) is 2.20. The molecule has 0 bridgehead atoms. The zero-order chi connectivity index (χ0) is 9.68. The van der Waals surface area contributed by atoms with Crippen LogP contribution in [0.1, 0.15) is 0 Å². The van der Waals surface area contributed by atoms with Crippen LogP contribution in [0.4, 0.5) is 5.95 Å². The summed E-state index contributed by atoms with van der Waals surface area (Å²) in [5.74, 6) is 1.37. The standard InChI is InChI=1S/C8H10ClN3S/c1-3-4-13-7-6(9)5-11-8(10-2)12-7/h3,5H,1,4H2,2H3,(H,10,11,12). The highest BCUT2D eigenvalue weighted by atomic mass is 35.5. The minimum Gasteiger partial charge on any atom is -0.357 e. The van der Waals surface area contributed by atoms with Crippen LogP contribution in [-0.2, 0) is 0 Å². The molecule has 1 N–H and O–H groups in total. The fraction of sp³-hybridized carbons (Fsp3) is 0.250. The first kappa shape index (κ1) is 10.3. The summed E-state index contributed by atoms with van der Waals surface area (Å²) in [6.45, 7) is 3.63. The smallest absolute Gasteiger partial charge is 0.223 e. The number of rotatable bonds is 4. The summed E-state index contributed by atoms with van der Waals surface area (Å²) in [6, 6.07) is 0. The molecule has 5 heteroatoms. The third-order valence-corrected chi connectivity index (χ3v) is 2.65. The molecular weight excluding hydrogens is 206 g/mol. The molecule has 13 heavy (non-hydrogen) atoms. The lowest BCUT2D eigenvalue weighted by Gasteiger charge is -2.02. The Morgan fingerprint density at radius 2 is 2.54 bits per heavy atom. The molecule has 70 valence electrons. The van der Waals surface area contributed by atoms with Gasteiger partial charge >= 0.3 is 0 Å². The van der Waals surface area contributed by atoms with Gasteiger partial charge in [0, 0.05) is 12.8 Å². The van der Waals surface area contributed by atoms with Crippen molar-refractivity contribution in [1.82, 2.24) is 9.97 Å². The van der Waals surface area contributed by atoms with E-state index >= 15 is 0 Å². The van der Waals surface area contributed by atoms with E-state index in [1.54, 1.807) is 13.2 Å². The molecule has 0 unspecified atom stereocenters. The Balaban J connectivity index is 2.83. The summed E-state index contributed by atoms with van der Waals surface area (Å²) in [5.41, 5.74) is 0. The van der Waals surface area contributed by atoms with Crippen LogP contribution in [0.15, 0.2) is 23.9 Å². The molecule has 0 aliphatic carbocycles. The normalized spacial score (nSPS) is 9.69. The maximum absolute atomic E-state index is 5.88. The van der Waals surface area contributed by atoms with Crippen molar-refractivity contribution in [2.45, 2.75) is 5.03 Å². The third kappa shape index (κ3) is 2.90. The van der Waals surface area contributed by atoms with Crippen LogP contribution in [0.25, 0.3) is 0 Å². The highest BCUT2D eigenvalue weighted by Gasteiger charge is 2.03. The van der Waals surface area contributed by atoms with E-state index in [-0.39, 0.29) is 0 Å². The van der Waals surface area contributed by atoms with E-state index in [2.05, 4.69) is 21.9 Å². The molecule has 1 rings (SSSR count). The molecule has 0 saturated carbocycles. The molecule has 0 aromatic carbocycles. The highest BCUT2D eigenvalue weighted by Crippen LogP contribution is 2.24. The third-order valence-electron chi connectivity index (χ3n) is 1.27. The Morgan fingerprint density at radius 3 is 3.15 bits per heavy atom. The average Bonchev–Trinajstić information content (AvgIpc) is 2.17. The maximum Gasteiger partial charge on any atom is 0.223 e. The number of aromatic nitrogens is 2. The van der Waals surface area contributed by atoms with Crippen molar-refractivity contribution < 1.29 is 0 Å². The predicted octanol–water partition coefficient (Wildman–Crippen LogP) is 2.45. The van der Waals surface area contributed by atoms with Crippen molar-refractivity contribution in [3.05, 3.63) is 23.9 Å². The quantitative estimate of drug-likeness (QED) is 0.476. The zero-order valence-electron chi connectivity index (χ0n) is 7.25. The summed E-state index contributed by atoms with van der Waals surface area (Å²) in [5, 5.41) is 4.20. The molecule has 0 aliphatic heterocycles. The van der Waals surface area contributed by atoms with Gasteiger partial charge in [-0.1, -0.05) is 17.7 Å². The molecule has 1 aromatic rings. The van der Waals surface area contributed by atoms with Crippen LogP contribution >= 0.6 is 23.4 Å². The Hall–Kier alpha value is -0.740. The van der Waals surface area contributed by atoms with Crippen LogP contribution < -0.4 is 5.32 Å². The monoisotopic (exact) mass is 215 g/mol. The Morgan fingerprint density at radius 1 is 1.77 bits per heavy atom. The Labute approximate surface area is 86.6 Å². The summed E-state index contributed by atoms with van der Waals surface area (Å²) in [7, 11) is 1.77. The van der Waals surface area contributed by atoms with Crippen molar-refractivity contribution in [3.63, 3.8) is 0 Å². The average molecular weight is 216 g/mol. The second kappa shape index (κ2) is 5.09. The largest absolute Gasteiger partial charge is 0.357 e. The number of hydrogen-bond donors (Lipinski definition) is 1. The first-order chi connectivity index (χ1) is 6.27. The van der Waals surface area contributed by atoms with Gasteiger partial charge in [-0.15, -0.1) is 18.3 Å². The van der Waals surface area contributed by atoms with Crippen LogP contribution in [0.3, 0.4) is 0 Å². The second-order valence-corrected chi connectivity index (χ2v) is 3.61. The van der Waals surface area contributed by atoms with Crippen molar-refractivity contribution >= 4 is 29.3 Å². The van der Waals surface area contributed by atoms with Gasteiger partial charge in [-0.2, -0.15) is 0 Å². The molecule has 0 spiro atoms. The molecule has 0 aliphatic rings. The Bertz CT molecular complexity index is 303. The van der Waals surface area contributed by atoms with Gasteiger partial charge in [-0.3, -0.25) is 0 Å². The van der Waals surface area contributed by atoms with Gasteiger partial charge in [-0.05, 0) is 0 Å². The molecule has 0 fully saturated rings. The van der Waals surface area contributed by atoms with Crippen molar-refractivity contribution in [2.24, 2.45) is 0 Å². The lowest BCUT2D eigenvalue weighted by molar-refractivity contribution is 1.05. The predicted molar refractivity (Wildman–Crippen MR) is 57.5 cm³/mol. The summed E-state index contributed by atoms with van der Waals surface area (Å²) in [4.78, 5) is 8.16. The molecule has 1 heterocycles. The minimum absolute atomic E-state index is 0.575. The highest BCUT2D eigenvalue weighted by molar-refractivity contribution is 7.99. The van der Waals surface area contributed by atoms with Gasteiger partial charge in [0.25, 0.3) is 0 Å². The van der Waals surface area contributed by atoms with Crippen LogP contribution in [0.2, 0.25) is 5.02 Å². The van der Waals surface area contributed by atoms with E-state index in [1.165, 1.54) is 11.8 Å². The van der Waals surface area contributed by atoms with Crippen LogP contribution in [-0.4, -0.2) is 22.8 Å². The topological polar surface area (TPSA) is 37.8 Å². The Kier molecular flexibility index (Phi) is 4.05. The van der Waals surface area contributed by atoms with Crippen molar-refractivity contribution in [3.8, 4) is 0 Å². The molecule has 0 saturated heterocycles. The maximum atomic E-state index is 5.88. The number of nitrogens with zero attached hydrogens (tertiary/aromatic N) is 2. The summed E-state index contributed by atoms with van der Waals surface area (Å²) >= 11 is 7.42. The van der Waals surface area contributed by atoms with E-state index in [9.17, 15) is 0 Å². The van der Waals surface area contributed by atoms with Gasteiger partial charge in [0.1, 0.15) is 5.03 Å². The van der Waals surface area contributed by atoms with Crippen molar-refractivity contribution in [1.29, 1.82) is 0 Å². The fourth-order valence-corrected chi connectivity index (χ4v) is 1.58. The first-order valence-electron chi connectivity index (χ1n) is 3.72. The lowest BCUT2D eigenvalue weighted by Crippen LogP contribution is -1.97. The van der Waals surface area contributed by atoms with E-state index in [4.69, 9.17) is 11.6 Å². The lowest BCUT2D eigenvalue weighted by atomic mass is 10.6.